The Morgan fingerprint density at radius 3 is 2.72 bits per heavy atom. The van der Waals surface area contributed by atoms with Crippen molar-refractivity contribution < 1.29 is 9.32 Å². The second-order valence-electron chi connectivity index (χ2n) is 7.84. The number of aromatic nitrogens is 4. The molecule has 162 valence electrons. The van der Waals surface area contributed by atoms with Gasteiger partial charge in [-0.25, -0.2) is 0 Å². The van der Waals surface area contributed by atoms with Gasteiger partial charge in [-0.1, -0.05) is 30.3 Å². The van der Waals surface area contributed by atoms with E-state index in [0.29, 0.717) is 47.8 Å². The predicted molar refractivity (Wildman–Crippen MR) is 119 cm³/mol. The zero-order valence-electron chi connectivity index (χ0n) is 17.4. The maximum Gasteiger partial charge on any atom is 0.316 e. The number of hydrogen-bond donors (Lipinski definition) is 1. The van der Waals surface area contributed by atoms with Crippen molar-refractivity contribution in [2.75, 3.05) is 11.4 Å². The molecule has 4 aromatic rings. The number of aromatic amines is 1. The van der Waals surface area contributed by atoms with E-state index in [1.807, 2.05) is 37.3 Å². The lowest BCUT2D eigenvalue weighted by molar-refractivity contribution is -0.117. The fourth-order valence-electron chi connectivity index (χ4n) is 4.11. The minimum atomic E-state index is -0.664. The van der Waals surface area contributed by atoms with Gasteiger partial charge in [-0.3, -0.25) is 14.4 Å². The molecule has 0 unspecified atom stereocenters. The summed E-state index contributed by atoms with van der Waals surface area (Å²) in [7, 11) is 0. The van der Waals surface area contributed by atoms with Crippen LogP contribution in [0.25, 0.3) is 22.4 Å². The van der Waals surface area contributed by atoms with Gasteiger partial charge >= 0.3 is 11.1 Å². The minimum absolute atomic E-state index is 0.0122. The lowest BCUT2D eigenvalue weighted by atomic mass is 10.1. The average molecular weight is 431 g/mol. The molecular weight excluding hydrogens is 410 g/mol. The molecule has 0 aliphatic carbocycles. The van der Waals surface area contributed by atoms with Crippen molar-refractivity contribution in [2.24, 2.45) is 0 Å². The Kier molecular flexibility index (Phi) is 4.93. The van der Waals surface area contributed by atoms with Gasteiger partial charge in [0.05, 0.1) is 17.0 Å². The van der Waals surface area contributed by atoms with Gasteiger partial charge in [0.2, 0.25) is 17.6 Å². The number of H-pyrrole nitrogens is 1. The second-order valence-corrected chi connectivity index (χ2v) is 7.84. The molecule has 9 nitrogen and oxygen atoms in total. The average Bonchev–Trinajstić information content (AvgIpc) is 3.44. The highest BCUT2D eigenvalue weighted by Gasteiger charge is 2.35. The van der Waals surface area contributed by atoms with Gasteiger partial charge in [-0.2, -0.15) is 4.98 Å². The van der Waals surface area contributed by atoms with E-state index in [2.05, 4.69) is 15.1 Å². The van der Waals surface area contributed by atoms with Gasteiger partial charge in [-0.15, -0.1) is 0 Å². The molecule has 1 aliphatic heterocycles. The first-order valence-electron chi connectivity index (χ1n) is 10.5. The number of para-hydroxylation sites is 1. The number of nitrogens with zero attached hydrogens (tertiary/aromatic N) is 4. The summed E-state index contributed by atoms with van der Waals surface area (Å²) in [5.74, 6) is 0.579. The first-order valence-corrected chi connectivity index (χ1v) is 10.5. The van der Waals surface area contributed by atoms with Gasteiger partial charge < -0.3 is 19.0 Å². The van der Waals surface area contributed by atoms with Crippen molar-refractivity contribution in [1.29, 1.82) is 0 Å². The van der Waals surface area contributed by atoms with E-state index >= 15 is 0 Å². The Bertz CT molecular complexity index is 1420. The molecule has 5 rings (SSSR count). The lowest BCUT2D eigenvalue weighted by Crippen LogP contribution is -2.36. The number of carbonyl (C=O) groups excluding carboxylic acids is 1. The van der Waals surface area contributed by atoms with E-state index in [4.69, 9.17) is 4.52 Å². The van der Waals surface area contributed by atoms with Crippen LogP contribution in [-0.4, -0.2) is 32.1 Å². The van der Waals surface area contributed by atoms with Crippen LogP contribution in [0.4, 0.5) is 5.69 Å². The molecule has 1 atom stereocenters. The zero-order valence-corrected chi connectivity index (χ0v) is 17.4. The summed E-state index contributed by atoms with van der Waals surface area (Å²) in [5, 5.41) is 4.08. The molecule has 0 radical (unpaired) electrons. The van der Waals surface area contributed by atoms with Gasteiger partial charge in [0.25, 0.3) is 0 Å². The maximum absolute atomic E-state index is 12.5. The fraction of sp³-hybridized carbons (Fsp3) is 0.261. The summed E-state index contributed by atoms with van der Waals surface area (Å²) < 4.78 is 6.96. The summed E-state index contributed by atoms with van der Waals surface area (Å²) in [5.41, 5.74) is 1.43. The molecule has 9 heteroatoms. The van der Waals surface area contributed by atoms with Crippen LogP contribution in [0.5, 0.6) is 0 Å². The molecule has 0 saturated carbocycles. The van der Waals surface area contributed by atoms with Gasteiger partial charge in [-0.05, 0) is 36.8 Å². The Morgan fingerprint density at radius 1 is 1.12 bits per heavy atom. The molecule has 1 saturated heterocycles. The predicted octanol–water partition coefficient (Wildman–Crippen LogP) is 2.67. The lowest BCUT2D eigenvalue weighted by Gasteiger charge is -2.15. The molecule has 3 heterocycles. The van der Waals surface area contributed by atoms with Crippen LogP contribution in [0.1, 0.15) is 31.6 Å². The molecular formula is C23H21N5O4. The number of fused-ring (bicyclic) bond motifs is 1. The standard InChI is InChI=1S/C23H21N5O4/c1-2-10-27-18-9-8-14(11-17(18)24-21(30)23(27)31)20-25-22(32-26-20)15-12-19(29)28(13-15)16-6-4-3-5-7-16/h3-9,11,15H,2,10,12-13H2,1H3,(H,24,30)/t15-/m0/s1. The number of hydrogen-bond acceptors (Lipinski definition) is 6. The second kappa shape index (κ2) is 7.92. The summed E-state index contributed by atoms with van der Waals surface area (Å²) in [4.78, 5) is 45.6. The van der Waals surface area contributed by atoms with E-state index in [1.165, 1.54) is 4.57 Å². The smallest absolute Gasteiger partial charge is 0.316 e. The molecule has 1 N–H and O–H groups in total. The van der Waals surface area contributed by atoms with Crippen molar-refractivity contribution in [3.8, 4) is 11.4 Å². The van der Waals surface area contributed by atoms with Crippen molar-refractivity contribution in [3.05, 3.63) is 75.1 Å². The third-order valence-corrected chi connectivity index (χ3v) is 5.66. The Labute approximate surface area is 182 Å². The van der Waals surface area contributed by atoms with Crippen LogP contribution in [0.3, 0.4) is 0 Å². The summed E-state index contributed by atoms with van der Waals surface area (Å²) in [6, 6.07) is 14.8. The third kappa shape index (κ3) is 3.41. The number of rotatable bonds is 5. The normalized spacial score (nSPS) is 16.2. The van der Waals surface area contributed by atoms with Gasteiger partial charge in [0.1, 0.15) is 0 Å². The van der Waals surface area contributed by atoms with Crippen molar-refractivity contribution in [2.45, 2.75) is 32.2 Å². The van der Waals surface area contributed by atoms with Crippen molar-refractivity contribution in [1.82, 2.24) is 19.7 Å². The number of anilines is 1. The van der Waals surface area contributed by atoms with Crippen LogP contribution in [0.2, 0.25) is 0 Å². The Balaban J connectivity index is 1.45. The van der Waals surface area contributed by atoms with E-state index < -0.39 is 11.1 Å². The zero-order chi connectivity index (χ0) is 22.2. The Morgan fingerprint density at radius 2 is 1.94 bits per heavy atom. The highest BCUT2D eigenvalue weighted by molar-refractivity contribution is 5.96. The highest BCUT2D eigenvalue weighted by atomic mass is 16.5. The monoisotopic (exact) mass is 431 g/mol. The molecule has 0 bridgehead atoms. The molecule has 2 aromatic heterocycles. The Hall–Kier alpha value is -4.01. The van der Waals surface area contributed by atoms with Gasteiger partial charge in [0.15, 0.2) is 0 Å². The molecule has 1 amide bonds. The van der Waals surface area contributed by atoms with Gasteiger partial charge in [0, 0.05) is 30.8 Å². The largest absolute Gasteiger partial charge is 0.339 e. The highest BCUT2D eigenvalue weighted by Crippen LogP contribution is 2.32. The van der Waals surface area contributed by atoms with E-state index in [1.54, 1.807) is 23.1 Å². The molecule has 1 fully saturated rings. The summed E-state index contributed by atoms with van der Waals surface area (Å²) >= 11 is 0. The number of carbonyl (C=O) groups is 1. The SMILES string of the molecule is CCCn1c(=O)c(=O)[nH]c2cc(-c3noc([C@H]4CC(=O)N(c5ccccc5)C4)n3)ccc21. The molecule has 0 spiro atoms. The molecule has 2 aromatic carbocycles. The minimum Gasteiger partial charge on any atom is -0.339 e. The molecule has 32 heavy (non-hydrogen) atoms. The third-order valence-electron chi connectivity index (χ3n) is 5.66. The topological polar surface area (TPSA) is 114 Å². The quantitative estimate of drug-likeness (QED) is 0.486. The first-order chi connectivity index (χ1) is 15.5. The van der Waals surface area contributed by atoms with Crippen LogP contribution >= 0.6 is 0 Å². The summed E-state index contributed by atoms with van der Waals surface area (Å²) in [6.45, 7) is 2.87. The number of benzene rings is 2. The number of nitrogens with one attached hydrogen (secondary N) is 1. The van der Waals surface area contributed by atoms with Crippen LogP contribution < -0.4 is 16.0 Å². The number of amides is 1. The summed E-state index contributed by atoms with van der Waals surface area (Å²) in [6.07, 6.45) is 1.03. The fourth-order valence-corrected chi connectivity index (χ4v) is 4.11. The van der Waals surface area contributed by atoms with E-state index in [0.717, 1.165) is 12.1 Å². The van der Waals surface area contributed by atoms with Crippen LogP contribution in [0.15, 0.2) is 62.6 Å². The van der Waals surface area contributed by atoms with Crippen molar-refractivity contribution >= 4 is 22.6 Å². The van der Waals surface area contributed by atoms with Crippen molar-refractivity contribution in [3.63, 3.8) is 0 Å². The maximum atomic E-state index is 12.5. The van der Waals surface area contributed by atoms with Crippen LogP contribution in [0, 0.1) is 0 Å². The first kappa shape index (κ1) is 19.9. The van der Waals surface area contributed by atoms with Crippen LogP contribution in [-0.2, 0) is 11.3 Å². The molecule has 1 aliphatic rings. The van der Waals surface area contributed by atoms with E-state index in [9.17, 15) is 14.4 Å². The number of aryl methyl sites for hydroxylation is 1. The van der Waals surface area contributed by atoms with E-state index in [-0.39, 0.29) is 11.8 Å².